The van der Waals surface area contributed by atoms with Crippen LogP contribution in [-0.2, 0) is 4.79 Å². The number of carbonyl (C=O) groups is 3. The van der Waals surface area contributed by atoms with E-state index >= 15 is 0 Å². The maximum atomic E-state index is 14.0. The Kier molecular flexibility index (Phi) is 8.28. The highest BCUT2D eigenvalue weighted by molar-refractivity contribution is 6.12. The molecule has 1 unspecified atom stereocenters. The number of ether oxygens (including phenoxy) is 2. The number of nitrogens with zero attached hydrogens (tertiary/aromatic N) is 1. The molecule has 2 aromatic carbocycles. The summed E-state index contributed by atoms with van der Waals surface area (Å²) in [7, 11) is 3.04. The molecule has 8 nitrogen and oxygen atoms in total. The summed E-state index contributed by atoms with van der Waals surface area (Å²) in [6.07, 6.45) is 6.36. The highest BCUT2D eigenvalue weighted by atomic mass is 16.5. The topological polar surface area (TPSA) is 98.1 Å². The molecule has 0 bridgehead atoms. The number of hydrogen-bond acceptors (Lipinski definition) is 6. The van der Waals surface area contributed by atoms with Gasteiger partial charge in [0.1, 0.15) is 6.04 Å². The van der Waals surface area contributed by atoms with Crippen LogP contribution in [0.5, 0.6) is 11.5 Å². The molecule has 1 atom stereocenters. The second kappa shape index (κ2) is 11.8. The molecular formula is C29H32N2O6. The van der Waals surface area contributed by atoms with Crippen molar-refractivity contribution in [2.75, 3.05) is 19.1 Å². The summed E-state index contributed by atoms with van der Waals surface area (Å²) in [4.78, 5) is 42.0. The Morgan fingerprint density at radius 1 is 0.946 bits per heavy atom. The van der Waals surface area contributed by atoms with E-state index in [0.717, 1.165) is 32.1 Å². The van der Waals surface area contributed by atoms with Gasteiger partial charge in [-0.3, -0.25) is 19.3 Å². The Bertz CT molecular complexity index is 1250. The second-order valence-corrected chi connectivity index (χ2v) is 9.09. The minimum Gasteiger partial charge on any atom is -0.493 e. The summed E-state index contributed by atoms with van der Waals surface area (Å²) >= 11 is 0. The predicted molar refractivity (Wildman–Crippen MR) is 139 cm³/mol. The van der Waals surface area contributed by atoms with Crippen molar-refractivity contribution in [3.05, 3.63) is 77.7 Å². The maximum absolute atomic E-state index is 14.0. The lowest BCUT2D eigenvalue weighted by Gasteiger charge is -2.34. The molecule has 3 aromatic rings. The first-order valence-electron chi connectivity index (χ1n) is 12.4. The van der Waals surface area contributed by atoms with Crippen molar-refractivity contribution in [2.24, 2.45) is 0 Å². The number of anilines is 1. The van der Waals surface area contributed by atoms with Gasteiger partial charge < -0.3 is 19.2 Å². The van der Waals surface area contributed by atoms with Gasteiger partial charge in [-0.25, -0.2) is 0 Å². The first-order chi connectivity index (χ1) is 17.9. The number of rotatable bonds is 9. The minimum atomic E-state index is -1.11. The molecule has 1 aromatic heterocycles. The zero-order valence-corrected chi connectivity index (χ0v) is 21.4. The molecule has 1 aliphatic carbocycles. The van der Waals surface area contributed by atoms with Gasteiger partial charge in [-0.15, -0.1) is 0 Å². The lowest BCUT2D eigenvalue weighted by atomic mass is 9.94. The number of methoxy groups -OCH3 is 2. The molecule has 0 spiro atoms. The molecule has 4 rings (SSSR count). The predicted octanol–water partition coefficient (Wildman–Crippen LogP) is 5.34. The van der Waals surface area contributed by atoms with E-state index < -0.39 is 11.9 Å². The molecular weight excluding hydrogens is 472 g/mol. The monoisotopic (exact) mass is 504 g/mol. The van der Waals surface area contributed by atoms with Crippen LogP contribution in [-0.4, -0.2) is 37.9 Å². The molecule has 2 amide bonds. The Morgan fingerprint density at radius 3 is 2.32 bits per heavy atom. The van der Waals surface area contributed by atoms with Gasteiger partial charge in [0.2, 0.25) is 5.91 Å². The van der Waals surface area contributed by atoms with E-state index in [-0.39, 0.29) is 23.5 Å². The van der Waals surface area contributed by atoms with E-state index in [2.05, 4.69) is 5.32 Å². The fourth-order valence-corrected chi connectivity index (χ4v) is 4.83. The summed E-state index contributed by atoms with van der Waals surface area (Å²) in [5.41, 5.74) is 1.14. The molecule has 1 aliphatic rings. The molecule has 37 heavy (non-hydrogen) atoms. The standard InChI is InChI=1S/C29H32N2O6/c1-19(32)22-12-7-8-13-23(22)31(29(34)25-14-9-17-37-25)27(28(33)30-21-10-5-4-6-11-21)20-15-16-24(35-2)26(18-20)36-3/h7-9,12-18,21,27H,4-6,10-11H2,1-3H3,(H,30,33). The van der Waals surface area contributed by atoms with Gasteiger partial charge in [0.25, 0.3) is 5.91 Å². The first kappa shape index (κ1) is 26.0. The average Bonchev–Trinajstić information content (AvgIpc) is 3.46. The third-order valence-electron chi connectivity index (χ3n) is 6.68. The van der Waals surface area contributed by atoms with Gasteiger partial charge in [-0.05, 0) is 61.7 Å². The van der Waals surface area contributed by atoms with Gasteiger partial charge in [0.05, 0.1) is 26.2 Å². The van der Waals surface area contributed by atoms with Crippen LogP contribution in [0.2, 0.25) is 0 Å². The summed E-state index contributed by atoms with van der Waals surface area (Å²) in [5.74, 6) is -0.165. The smallest absolute Gasteiger partial charge is 0.294 e. The lowest BCUT2D eigenvalue weighted by molar-refractivity contribution is -0.123. The number of nitrogens with one attached hydrogen (secondary N) is 1. The van der Waals surface area contributed by atoms with Gasteiger partial charge in [0, 0.05) is 11.6 Å². The van der Waals surface area contributed by atoms with Crippen molar-refractivity contribution >= 4 is 23.3 Å². The van der Waals surface area contributed by atoms with Crippen LogP contribution in [0.15, 0.2) is 65.3 Å². The number of ketones is 1. The highest BCUT2D eigenvalue weighted by Gasteiger charge is 2.37. The zero-order valence-electron chi connectivity index (χ0n) is 21.4. The number of benzene rings is 2. The van der Waals surface area contributed by atoms with Crippen molar-refractivity contribution in [2.45, 2.75) is 51.1 Å². The van der Waals surface area contributed by atoms with E-state index in [1.165, 1.54) is 38.4 Å². The zero-order chi connectivity index (χ0) is 26.4. The van der Waals surface area contributed by atoms with Crippen molar-refractivity contribution in [1.82, 2.24) is 5.32 Å². The molecule has 194 valence electrons. The highest BCUT2D eigenvalue weighted by Crippen LogP contribution is 2.37. The fraction of sp³-hybridized carbons (Fsp3) is 0.345. The summed E-state index contributed by atoms with van der Waals surface area (Å²) < 4.78 is 16.3. The molecule has 1 fully saturated rings. The molecule has 0 aliphatic heterocycles. The number of hydrogen-bond donors (Lipinski definition) is 1. The average molecular weight is 505 g/mol. The summed E-state index contributed by atoms with van der Waals surface area (Å²) in [6.45, 7) is 1.43. The van der Waals surface area contributed by atoms with E-state index in [9.17, 15) is 14.4 Å². The maximum Gasteiger partial charge on any atom is 0.294 e. The number of furan rings is 1. The van der Waals surface area contributed by atoms with Gasteiger partial charge >= 0.3 is 0 Å². The van der Waals surface area contributed by atoms with Gasteiger partial charge in [-0.2, -0.15) is 0 Å². The van der Waals surface area contributed by atoms with E-state index in [0.29, 0.717) is 28.3 Å². The third kappa shape index (κ3) is 5.69. The Balaban J connectivity index is 1.89. The van der Waals surface area contributed by atoms with Crippen LogP contribution >= 0.6 is 0 Å². The molecule has 1 heterocycles. The Hall–Kier alpha value is -4.07. The lowest BCUT2D eigenvalue weighted by Crippen LogP contribution is -2.47. The van der Waals surface area contributed by atoms with Crippen LogP contribution in [0, 0.1) is 0 Å². The minimum absolute atomic E-state index is 0.00695. The summed E-state index contributed by atoms with van der Waals surface area (Å²) in [5, 5.41) is 3.16. The Labute approximate surface area is 216 Å². The van der Waals surface area contributed by atoms with E-state index in [4.69, 9.17) is 13.9 Å². The normalized spacial score (nSPS) is 14.5. The van der Waals surface area contributed by atoms with Crippen LogP contribution in [0.25, 0.3) is 0 Å². The molecule has 1 N–H and O–H groups in total. The van der Waals surface area contributed by atoms with Crippen LogP contribution in [0.1, 0.15) is 71.5 Å². The number of Topliss-reactive ketones (excluding diaryl/α,β-unsaturated/α-hetero) is 1. The van der Waals surface area contributed by atoms with Crippen molar-refractivity contribution in [3.63, 3.8) is 0 Å². The van der Waals surface area contributed by atoms with Crippen molar-refractivity contribution in [3.8, 4) is 11.5 Å². The van der Waals surface area contributed by atoms with Crippen LogP contribution < -0.4 is 19.7 Å². The summed E-state index contributed by atoms with van der Waals surface area (Å²) in [6, 6.07) is 13.9. The number of para-hydroxylation sites is 1. The molecule has 1 saturated carbocycles. The number of carbonyl (C=O) groups excluding carboxylic acids is 3. The largest absolute Gasteiger partial charge is 0.493 e. The molecule has 0 radical (unpaired) electrons. The van der Waals surface area contributed by atoms with Crippen molar-refractivity contribution < 1.29 is 28.3 Å². The van der Waals surface area contributed by atoms with Crippen LogP contribution in [0.4, 0.5) is 5.69 Å². The Morgan fingerprint density at radius 2 is 1.68 bits per heavy atom. The molecule has 0 saturated heterocycles. The van der Waals surface area contributed by atoms with E-state index in [1.54, 1.807) is 48.5 Å². The third-order valence-corrected chi connectivity index (χ3v) is 6.68. The SMILES string of the molecule is COc1ccc(C(C(=O)NC2CCCCC2)N(C(=O)c2ccco2)c2ccccc2C(C)=O)cc1OC. The quantitative estimate of drug-likeness (QED) is 0.395. The van der Waals surface area contributed by atoms with Gasteiger partial charge in [-0.1, -0.05) is 37.5 Å². The number of amides is 2. The second-order valence-electron chi connectivity index (χ2n) is 9.09. The van der Waals surface area contributed by atoms with Gasteiger partial charge in [0.15, 0.2) is 23.0 Å². The van der Waals surface area contributed by atoms with E-state index in [1.807, 2.05) is 0 Å². The first-order valence-corrected chi connectivity index (χ1v) is 12.4. The van der Waals surface area contributed by atoms with Crippen LogP contribution in [0.3, 0.4) is 0 Å². The molecule has 8 heteroatoms. The van der Waals surface area contributed by atoms with Crippen molar-refractivity contribution in [1.29, 1.82) is 0 Å². The fourth-order valence-electron chi connectivity index (χ4n) is 4.83.